The molecular formula is C68H95N9O13. The highest BCUT2D eigenvalue weighted by molar-refractivity contribution is 6.03. The van der Waals surface area contributed by atoms with Crippen LogP contribution >= 0.6 is 0 Å². The molecule has 90 heavy (non-hydrogen) atoms. The maximum atomic E-state index is 14.9. The van der Waals surface area contributed by atoms with Crippen molar-refractivity contribution in [1.82, 2.24) is 47.9 Å². The van der Waals surface area contributed by atoms with Crippen molar-refractivity contribution >= 4 is 59.3 Å². The number of rotatable bonds is 35. The minimum absolute atomic E-state index is 0.0248. The van der Waals surface area contributed by atoms with Crippen LogP contribution in [0.25, 0.3) is 0 Å². The molecule has 0 heterocycles. The van der Waals surface area contributed by atoms with E-state index in [9.17, 15) is 47.9 Å². The van der Waals surface area contributed by atoms with Crippen LogP contribution in [0.2, 0.25) is 0 Å². The first kappa shape index (κ1) is 73.8. The Bertz CT molecular complexity index is 2940. The Kier molecular flexibility index (Phi) is 30.6. The summed E-state index contributed by atoms with van der Waals surface area (Å²) in [6.45, 7) is 20.1. The molecule has 9 N–H and O–H groups in total. The summed E-state index contributed by atoms with van der Waals surface area (Å²) in [6.07, 6.45) is -2.30. The van der Waals surface area contributed by atoms with E-state index in [1.54, 1.807) is 109 Å². The maximum Gasteiger partial charge on any atom is 0.408 e. The second-order valence-corrected chi connectivity index (χ2v) is 24.8. The van der Waals surface area contributed by atoms with Gasteiger partial charge in [0, 0.05) is 6.42 Å². The van der Waals surface area contributed by atoms with Crippen molar-refractivity contribution in [3.05, 3.63) is 144 Å². The molecule has 0 radical (unpaired) electrons. The second-order valence-electron chi connectivity index (χ2n) is 24.8. The Balaban J connectivity index is 1.56. The largest absolute Gasteiger partial charge is 0.459 e. The molecule has 0 aliphatic heterocycles. The van der Waals surface area contributed by atoms with Crippen LogP contribution in [0.5, 0.6) is 0 Å². The van der Waals surface area contributed by atoms with Crippen molar-refractivity contribution in [1.29, 1.82) is 0 Å². The van der Waals surface area contributed by atoms with Gasteiger partial charge in [-0.15, -0.1) is 0 Å². The third-order valence-electron chi connectivity index (χ3n) is 14.4. The molecule has 0 saturated heterocycles. The molecule has 0 fully saturated rings. The topological polar surface area (TPSA) is 307 Å². The van der Waals surface area contributed by atoms with Gasteiger partial charge in [-0.3, -0.25) is 38.4 Å². The molecule has 0 aliphatic carbocycles. The number of amides is 9. The number of alkyl carbamates (subject to hydrolysis) is 1. The fraction of sp³-hybridized carbons (Fsp3) is 0.500. The van der Waals surface area contributed by atoms with Crippen molar-refractivity contribution in [3.63, 3.8) is 0 Å². The van der Waals surface area contributed by atoms with Gasteiger partial charge in [-0.25, -0.2) is 9.59 Å². The van der Waals surface area contributed by atoms with Gasteiger partial charge in [0.15, 0.2) is 0 Å². The van der Waals surface area contributed by atoms with Crippen LogP contribution in [0, 0.1) is 29.6 Å². The number of nitrogens with one attached hydrogen (secondary N) is 9. The molecule has 0 saturated carbocycles. The van der Waals surface area contributed by atoms with Crippen molar-refractivity contribution in [2.75, 3.05) is 13.1 Å². The van der Waals surface area contributed by atoms with Crippen LogP contribution in [-0.2, 0) is 83.4 Å². The van der Waals surface area contributed by atoms with Gasteiger partial charge >= 0.3 is 12.1 Å². The monoisotopic (exact) mass is 1250 g/mol. The molecule has 9 atom stereocenters. The third-order valence-corrected chi connectivity index (χ3v) is 14.4. The molecular weight excluding hydrogens is 1150 g/mol. The van der Waals surface area contributed by atoms with Gasteiger partial charge in [-0.2, -0.15) is 0 Å². The molecule has 22 nitrogen and oxygen atoms in total. The molecule has 0 aliphatic rings. The van der Waals surface area contributed by atoms with Gasteiger partial charge in [0.05, 0.1) is 19.3 Å². The minimum atomic E-state index is -1.51. The number of ether oxygens (including phenoxy) is 3. The normalized spacial score (nSPS) is 14.3. The first-order valence-corrected chi connectivity index (χ1v) is 30.9. The zero-order valence-electron chi connectivity index (χ0n) is 54.1. The highest BCUT2D eigenvalue weighted by atomic mass is 16.6. The van der Waals surface area contributed by atoms with Gasteiger partial charge in [0.25, 0.3) is 0 Å². The Morgan fingerprint density at radius 1 is 0.444 bits per heavy atom. The van der Waals surface area contributed by atoms with E-state index < -0.39 is 138 Å². The zero-order valence-corrected chi connectivity index (χ0v) is 54.1. The highest BCUT2D eigenvalue weighted by Gasteiger charge is 2.38. The smallest absolute Gasteiger partial charge is 0.408 e. The quantitative estimate of drug-likeness (QED) is 0.0148. The lowest BCUT2D eigenvalue weighted by atomic mass is 9.96. The van der Waals surface area contributed by atoms with E-state index in [0.29, 0.717) is 17.5 Å². The predicted octanol–water partition coefficient (Wildman–Crippen LogP) is 5.85. The summed E-state index contributed by atoms with van der Waals surface area (Å²) >= 11 is 0. The van der Waals surface area contributed by atoms with E-state index in [2.05, 4.69) is 47.9 Å². The molecule has 0 bridgehead atoms. The summed E-state index contributed by atoms with van der Waals surface area (Å²) < 4.78 is 17.1. The van der Waals surface area contributed by atoms with Crippen LogP contribution in [-0.4, -0.2) is 120 Å². The number of esters is 1. The summed E-state index contributed by atoms with van der Waals surface area (Å²) in [7, 11) is 0. The van der Waals surface area contributed by atoms with Gasteiger partial charge < -0.3 is 62.1 Å². The summed E-state index contributed by atoms with van der Waals surface area (Å²) in [6, 6.07) is 29.8. The second kappa shape index (κ2) is 37.4. The molecule has 0 aromatic heterocycles. The molecule has 4 rings (SSSR count). The molecule has 9 amide bonds. The Labute approximate surface area is 530 Å². The number of benzene rings is 4. The standard InChI is InChI=1S/C68H95N9O13/c1-13-45(8)57(74-56(79)39-70-67(87)90-68(10,11)12)64(84)72-52(34-42(2)3)62(82)69-38-55(78)71-53(37-48-28-20-15-21-29-48)63(83)77-59(44(6)7)76-61(81)51(36-47-26-18-14-19-27-47)60(80)75-58(46(9)88-40-49-30-22-16-23-31-49)65(85)73-54(35-43(4)5)66(86)89-41-50-32-24-17-25-33-50/h14-33,42-46,51-54,57-59H,13,34-41H2,1-12H3,(H,69,82)(H,70,87)(H,71,78)(H,72,84)(H,73,85)(H,74,79)(H,75,80)(H,76,81)(H,77,83)/t45-,46+,51?,52-,53-,54-,57-,58-,59-/m0/s1. The molecule has 22 heteroatoms. The lowest BCUT2D eigenvalue weighted by Crippen LogP contribution is -2.61. The Hall–Kier alpha value is -8.66. The molecule has 490 valence electrons. The summed E-state index contributed by atoms with van der Waals surface area (Å²) in [5.41, 5.74) is 2.00. The molecule has 0 spiro atoms. The Morgan fingerprint density at radius 3 is 1.42 bits per heavy atom. The summed E-state index contributed by atoms with van der Waals surface area (Å²) in [4.78, 5) is 139. The van der Waals surface area contributed by atoms with Crippen LogP contribution < -0.4 is 47.9 Å². The average molecular weight is 1250 g/mol. The first-order valence-electron chi connectivity index (χ1n) is 30.9. The van der Waals surface area contributed by atoms with E-state index >= 15 is 0 Å². The minimum Gasteiger partial charge on any atom is -0.459 e. The van der Waals surface area contributed by atoms with Gasteiger partial charge in [-0.05, 0) is 92.9 Å². The van der Waals surface area contributed by atoms with E-state index in [4.69, 9.17) is 14.2 Å². The average Bonchev–Trinajstić information content (AvgIpc) is 2.62. The zero-order chi connectivity index (χ0) is 66.5. The number of carbonyl (C=O) groups excluding carboxylic acids is 10. The van der Waals surface area contributed by atoms with Gasteiger partial charge in [0.1, 0.15) is 61.0 Å². The predicted molar refractivity (Wildman–Crippen MR) is 341 cm³/mol. The van der Waals surface area contributed by atoms with Gasteiger partial charge in [0.2, 0.25) is 47.3 Å². The number of hydrogen-bond acceptors (Lipinski definition) is 13. The van der Waals surface area contributed by atoms with E-state index in [0.717, 1.165) is 11.1 Å². The SMILES string of the molecule is CC[C@H](C)[C@H](NC(=O)CNC(=O)OC(C)(C)C)C(=O)N[C@@H](CC(C)C)C(=O)NCC(=O)N[C@@H](Cc1ccccc1)C(=O)N[C@H](NC(=O)C(Cc1ccccc1)C(=O)N[C@H](C(=O)N[C@@H](CC(C)C)C(=O)OCc1ccccc1)[C@@H](C)OCc1ccccc1)C(C)C. The van der Waals surface area contributed by atoms with Gasteiger partial charge in [-0.1, -0.05) is 183 Å². The van der Waals surface area contributed by atoms with Crippen LogP contribution in [0.4, 0.5) is 4.79 Å². The van der Waals surface area contributed by atoms with Crippen molar-refractivity contribution in [2.45, 2.75) is 176 Å². The molecule has 1 unspecified atom stereocenters. The fourth-order valence-corrected chi connectivity index (χ4v) is 9.31. The van der Waals surface area contributed by atoms with Crippen molar-refractivity contribution in [2.24, 2.45) is 29.6 Å². The van der Waals surface area contributed by atoms with E-state index in [1.807, 2.05) is 95.3 Å². The Morgan fingerprint density at radius 2 is 0.900 bits per heavy atom. The molecule has 4 aromatic carbocycles. The lowest BCUT2D eigenvalue weighted by Gasteiger charge is -2.30. The van der Waals surface area contributed by atoms with Crippen LogP contribution in [0.3, 0.4) is 0 Å². The van der Waals surface area contributed by atoms with Crippen molar-refractivity contribution < 1.29 is 62.2 Å². The lowest BCUT2D eigenvalue weighted by molar-refractivity contribution is -0.150. The third kappa shape index (κ3) is 27.0. The van der Waals surface area contributed by atoms with Crippen LogP contribution in [0.1, 0.15) is 125 Å². The van der Waals surface area contributed by atoms with E-state index in [1.165, 1.54) is 0 Å². The highest BCUT2D eigenvalue weighted by Crippen LogP contribution is 2.17. The first-order chi connectivity index (χ1) is 42.6. The maximum absolute atomic E-state index is 14.9. The summed E-state index contributed by atoms with van der Waals surface area (Å²) in [5.74, 6) is -9.20. The fourth-order valence-electron chi connectivity index (χ4n) is 9.31. The number of hydrogen-bond donors (Lipinski definition) is 9. The van der Waals surface area contributed by atoms with Crippen LogP contribution in [0.15, 0.2) is 121 Å². The van der Waals surface area contributed by atoms with Crippen molar-refractivity contribution in [3.8, 4) is 0 Å². The molecule has 4 aromatic rings. The number of carbonyl (C=O) groups is 10. The van der Waals surface area contributed by atoms with E-state index in [-0.39, 0.29) is 50.7 Å². The summed E-state index contributed by atoms with van der Waals surface area (Å²) in [5, 5.41) is 24.4.